The van der Waals surface area contributed by atoms with Crippen molar-refractivity contribution in [2.75, 3.05) is 0 Å². The molecule has 29 heavy (non-hydrogen) atoms. The lowest BCUT2D eigenvalue weighted by Gasteiger charge is -2.09. The number of aryl methyl sites for hydroxylation is 1. The van der Waals surface area contributed by atoms with Gasteiger partial charge in [0.1, 0.15) is 10.6 Å². The van der Waals surface area contributed by atoms with E-state index in [2.05, 4.69) is 4.72 Å². The quantitative estimate of drug-likeness (QED) is 0.434. The van der Waals surface area contributed by atoms with Crippen molar-refractivity contribution in [3.63, 3.8) is 0 Å². The number of halogens is 1. The highest BCUT2D eigenvalue weighted by Gasteiger charge is 2.27. The number of nitrogens with one attached hydrogen (secondary N) is 1. The van der Waals surface area contributed by atoms with E-state index in [1.54, 1.807) is 17.4 Å². The molecule has 3 heterocycles. The number of aromatic nitrogens is 1. The van der Waals surface area contributed by atoms with Gasteiger partial charge < -0.3 is 4.40 Å². The Balaban J connectivity index is 2.06. The highest BCUT2D eigenvalue weighted by Crippen LogP contribution is 2.46. The first-order valence-electron chi connectivity index (χ1n) is 8.70. The zero-order chi connectivity index (χ0) is 20.8. The van der Waals surface area contributed by atoms with E-state index in [1.807, 2.05) is 53.1 Å². The number of hydrogen-bond acceptors (Lipinski definition) is 5. The molecular formula is C20H17ClN2O3S3. The number of sulfonamides is 1. The van der Waals surface area contributed by atoms with Gasteiger partial charge in [0, 0.05) is 34.0 Å². The molecule has 0 saturated heterocycles. The third kappa shape index (κ3) is 3.85. The summed E-state index contributed by atoms with van der Waals surface area (Å²) in [5.41, 5.74) is 4.34. The molecule has 9 heteroatoms. The van der Waals surface area contributed by atoms with E-state index < -0.39 is 15.9 Å². The smallest absolute Gasteiger partial charge is 0.240 e. The average Bonchev–Trinajstić information content (AvgIpc) is 3.31. The SMILES string of the molecule is CC(=O)NS(=O)(=O)Cc1c(-c2ccc(Cl)s2)c(-c2ccccc2)c2scc(C)n12. The van der Waals surface area contributed by atoms with Gasteiger partial charge in [0.2, 0.25) is 15.9 Å². The van der Waals surface area contributed by atoms with Crippen molar-refractivity contribution < 1.29 is 13.2 Å². The third-order valence-electron chi connectivity index (χ3n) is 4.43. The number of thiazole rings is 1. The fourth-order valence-electron chi connectivity index (χ4n) is 3.43. The Morgan fingerprint density at radius 2 is 1.86 bits per heavy atom. The van der Waals surface area contributed by atoms with Gasteiger partial charge in [0.25, 0.3) is 0 Å². The van der Waals surface area contributed by atoms with E-state index >= 15 is 0 Å². The van der Waals surface area contributed by atoms with Gasteiger partial charge >= 0.3 is 0 Å². The van der Waals surface area contributed by atoms with Crippen molar-refractivity contribution in [2.24, 2.45) is 0 Å². The Hall–Kier alpha value is -2.13. The summed E-state index contributed by atoms with van der Waals surface area (Å²) >= 11 is 9.17. The predicted octanol–water partition coefficient (Wildman–Crippen LogP) is 5.32. The Morgan fingerprint density at radius 3 is 2.48 bits per heavy atom. The zero-order valence-corrected chi connectivity index (χ0v) is 18.8. The lowest BCUT2D eigenvalue weighted by molar-refractivity contribution is -0.117. The number of thiophene rings is 1. The maximum atomic E-state index is 12.7. The number of hydrogen-bond donors (Lipinski definition) is 1. The van der Waals surface area contributed by atoms with E-state index in [1.165, 1.54) is 18.3 Å². The molecule has 0 fully saturated rings. The van der Waals surface area contributed by atoms with Gasteiger partial charge in [-0.15, -0.1) is 22.7 Å². The van der Waals surface area contributed by atoms with Crippen molar-refractivity contribution in [2.45, 2.75) is 19.6 Å². The van der Waals surface area contributed by atoms with Crippen molar-refractivity contribution in [3.8, 4) is 21.6 Å². The second-order valence-electron chi connectivity index (χ2n) is 6.60. The molecule has 0 spiro atoms. The van der Waals surface area contributed by atoms with Crippen LogP contribution < -0.4 is 4.72 Å². The van der Waals surface area contributed by atoms with Gasteiger partial charge in [-0.05, 0) is 24.6 Å². The van der Waals surface area contributed by atoms with E-state index in [0.29, 0.717) is 10.0 Å². The van der Waals surface area contributed by atoms with Gasteiger partial charge in [0.15, 0.2) is 0 Å². The van der Waals surface area contributed by atoms with Crippen molar-refractivity contribution in [3.05, 3.63) is 63.6 Å². The molecule has 0 unspecified atom stereocenters. The predicted molar refractivity (Wildman–Crippen MR) is 120 cm³/mol. The van der Waals surface area contributed by atoms with Crippen LogP contribution in [0, 0.1) is 6.92 Å². The first-order valence-corrected chi connectivity index (χ1v) is 12.4. The summed E-state index contributed by atoms with van der Waals surface area (Å²) in [5.74, 6) is -0.924. The summed E-state index contributed by atoms with van der Waals surface area (Å²) in [5, 5.41) is 2.00. The molecule has 0 aliphatic heterocycles. The number of carbonyl (C=O) groups is 1. The minimum atomic E-state index is -3.86. The van der Waals surface area contributed by atoms with Crippen LogP contribution >= 0.6 is 34.3 Å². The van der Waals surface area contributed by atoms with Crippen LogP contribution in [0.2, 0.25) is 4.34 Å². The number of fused-ring (bicyclic) bond motifs is 1. The molecule has 0 bridgehead atoms. The molecule has 1 aromatic carbocycles. The number of benzene rings is 1. The van der Waals surface area contributed by atoms with E-state index in [4.69, 9.17) is 11.6 Å². The van der Waals surface area contributed by atoms with Crippen LogP contribution in [-0.4, -0.2) is 18.7 Å². The number of rotatable bonds is 5. The molecule has 3 aromatic heterocycles. The van der Waals surface area contributed by atoms with Crippen LogP contribution in [0.15, 0.2) is 47.8 Å². The van der Waals surface area contributed by atoms with Crippen LogP contribution in [-0.2, 0) is 20.6 Å². The van der Waals surface area contributed by atoms with Crippen LogP contribution in [0.5, 0.6) is 0 Å². The number of carbonyl (C=O) groups excluding carboxylic acids is 1. The van der Waals surface area contributed by atoms with Gasteiger partial charge in [0.05, 0.1) is 10.0 Å². The normalized spacial score (nSPS) is 11.8. The molecule has 0 aliphatic rings. The van der Waals surface area contributed by atoms with Crippen molar-refractivity contribution in [1.29, 1.82) is 0 Å². The lowest BCUT2D eigenvalue weighted by atomic mass is 10.0. The zero-order valence-electron chi connectivity index (χ0n) is 15.6. The Kier molecular flexibility index (Phi) is 5.29. The molecule has 4 rings (SSSR count). The first-order chi connectivity index (χ1) is 13.8. The highest BCUT2D eigenvalue weighted by molar-refractivity contribution is 7.89. The van der Waals surface area contributed by atoms with Gasteiger partial charge in [-0.1, -0.05) is 41.9 Å². The number of nitrogens with zero attached hydrogens (tertiary/aromatic N) is 1. The molecule has 1 N–H and O–H groups in total. The van der Waals surface area contributed by atoms with Crippen LogP contribution in [0.3, 0.4) is 0 Å². The Bertz CT molecular complexity index is 1320. The molecule has 0 aliphatic carbocycles. The van der Waals surface area contributed by atoms with Crippen molar-refractivity contribution >= 4 is 55.0 Å². The van der Waals surface area contributed by atoms with E-state index in [-0.39, 0.29) is 5.75 Å². The molecule has 0 radical (unpaired) electrons. The summed E-state index contributed by atoms with van der Waals surface area (Å²) in [4.78, 5) is 13.3. The molecule has 5 nitrogen and oxygen atoms in total. The summed E-state index contributed by atoms with van der Waals surface area (Å²) in [7, 11) is -3.86. The summed E-state index contributed by atoms with van der Waals surface area (Å²) < 4.78 is 30.0. The van der Waals surface area contributed by atoms with Gasteiger partial charge in [-0.25, -0.2) is 8.42 Å². The fourth-order valence-corrected chi connectivity index (χ4v) is 6.78. The Morgan fingerprint density at radius 1 is 1.14 bits per heavy atom. The second-order valence-corrected chi connectivity index (χ2v) is 10.9. The van der Waals surface area contributed by atoms with E-state index in [9.17, 15) is 13.2 Å². The minimum absolute atomic E-state index is 0.316. The minimum Gasteiger partial charge on any atom is -0.307 e. The molecule has 0 saturated carbocycles. The molecule has 150 valence electrons. The molecule has 0 atom stereocenters. The Labute approximate surface area is 181 Å². The van der Waals surface area contributed by atoms with Crippen molar-refractivity contribution in [1.82, 2.24) is 9.12 Å². The van der Waals surface area contributed by atoms with E-state index in [0.717, 1.165) is 32.1 Å². The third-order valence-corrected chi connectivity index (χ3v) is 8.00. The van der Waals surface area contributed by atoms with Gasteiger partial charge in [-0.3, -0.25) is 9.52 Å². The summed E-state index contributed by atoms with van der Waals surface area (Å²) in [6, 6.07) is 13.6. The molecule has 4 aromatic rings. The monoisotopic (exact) mass is 464 g/mol. The second kappa shape index (κ2) is 7.60. The summed E-state index contributed by atoms with van der Waals surface area (Å²) in [6.07, 6.45) is 0. The van der Waals surface area contributed by atoms with Crippen LogP contribution in [0.4, 0.5) is 0 Å². The maximum Gasteiger partial charge on any atom is 0.240 e. The largest absolute Gasteiger partial charge is 0.307 e. The number of amides is 1. The average molecular weight is 465 g/mol. The topological polar surface area (TPSA) is 67.7 Å². The highest BCUT2D eigenvalue weighted by atomic mass is 35.5. The molecule has 1 amide bonds. The summed E-state index contributed by atoms with van der Waals surface area (Å²) in [6.45, 7) is 3.13. The maximum absolute atomic E-state index is 12.7. The first kappa shape index (κ1) is 20.2. The van der Waals surface area contributed by atoms with Crippen LogP contribution in [0.1, 0.15) is 18.3 Å². The van der Waals surface area contributed by atoms with Crippen LogP contribution in [0.25, 0.3) is 26.4 Å². The molecular weight excluding hydrogens is 448 g/mol. The lowest BCUT2D eigenvalue weighted by Crippen LogP contribution is -2.29. The van der Waals surface area contributed by atoms with Gasteiger partial charge in [-0.2, -0.15) is 0 Å². The standard InChI is InChI=1S/C20H17ClN2O3S3/c1-12-10-27-20-18(14-6-4-3-5-7-14)19(16-8-9-17(21)28-16)15(23(12)20)11-29(25,26)22-13(2)24/h3-10H,11H2,1-2H3,(H,22,24). The fraction of sp³-hybridized carbons (Fsp3) is 0.150.